The van der Waals surface area contributed by atoms with Gasteiger partial charge >= 0.3 is 0 Å². The number of hydrogen-bond acceptors (Lipinski definition) is 5. The number of carbonyl (C=O) groups is 1. The van der Waals surface area contributed by atoms with Crippen molar-refractivity contribution in [3.05, 3.63) is 76.7 Å². The van der Waals surface area contributed by atoms with E-state index in [-0.39, 0.29) is 17.4 Å². The van der Waals surface area contributed by atoms with E-state index in [0.29, 0.717) is 28.6 Å². The van der Waals surface area contributed by atoms with Gasteiger partial charge < -0.3 is 19.2 Å². The topological polar surface area (TPSA) is 77.8 Å². The first kappa shape index (κ1) is 21.9. The van der Waals surface area contributed by atoms with E-state index in [0.717, 1.165) is 17.1 Å². The fraction of sp³-hybridized carbons (Fsp3) is 0.227. The molecular formula is C22H22ClNO5S. The number of nitrogens with one attached hydrogen (secondary N) is 1. The van der Waals surface area contributed by atoms with Gasteiger partial charge in [0.1, 0.15) is 17.3 Å². The number of methoxy groups -OCH3 is 2. The second-order valence-corrected chi connectivity index (χ2v) is 8.28. The summed E-state index contributed by atoms with van der Waals surface area (Å²) in [5, 5.41) is 3.40. The molecule has 0 saturated heterocycles. The average Bonchev–Trinajstić information content (AvgIpc) is 3.22. The molecule has 0 bridgehead atoms. The maximum atomic E-state index is 12.4. The summed E-state index contributed by atoms with van der Waals surface area (Å²) in [7, 11) is 1.91. The van der Waals surface area contributed by atoms with Gasteiger partial charge in [0.05, 0.1) is 30.8 Å². The number of rotatable bonds is 9. The highest BCUT2D eigenvalue weighted by atomic mass is 35.5. The zero-order chi connectivity index (χ0) is 21.5. The number of hydrogen-bond donors (Lipinski definition) is 1. The molecule has 1 aromatic heterocycles. The Hall–Kier alpha value is -2.77. The molecule has 1 amide bonds. The second kappa shape index (κ2) is 10.3. The van der Waals surface area contributed by atoms with Gasteiger partial charge in [-0.1, -0.05) is 11.6 Å². The molecule has 0 aliphatic rings. The summed E-state index contributed by atoms with van der Waals surface area (Å²) in [6, 6.07) is 15.6. The fourth-order valence-electron chi connectivity index (χ4n) is 2.85. The first-order valence-electron chi connectivity index (χ1n) is 9.22. The molecule has 0 aliphatic heterocycles. The van der Waals surface area contributed by atoms with E-state index in [1.807, 2.05) is 18.2 Å². The average molecular weight is 448 g/mol. The number of amides is 1. The van der Waals surface area contributed by atoms with Crippen LogP contribution in [0.3, 0.4) is 0 Å². The molecule has 0 aliphatic carbocycles. The Labute approximate surface area is 182 Å². The highest BCUT2D eigenvalue weighted by molar-refractivity contribution is 7.84. The summed E-state index contributed by atoms with van der Waals surface area (Å²) in [5.74, 6) is 1.95. The lowest BCUT2D eigenvalue weighted by Crippen LogP contribution is -2.25. The maximum Gasteiger partial charge on any atom is 0.287 e. The summed E-state index contributed by atoms with van der Waals surface area (Å²) in [6.45, 7) is 0.398. The van der Waals surface area contributed by atoms with E-state index in [1.165, 1.54) is 0 Å². The largest absolute Gasteiger partial charge is 0.497 e. The van der Waals surface area contributed by atoms with Gasteiger partial charge in [-0.05, 0) is 66.6 Å². The lowest BCUT2D eigenvalue weighted by atomic mass is 10.1. The predicted molar refractivity (Wildman–Crippen MR) is 116 cm³/mol. The fourth-order valence-corrected chi connectivity index (χ4v) is 4.00. The van der Waals surface area contributed by atoms with Gasteiger partial charge in [0, 0.05) is 16.5 Å². The Balaban J connectivity index is 1.55. The first-order chi connectivity index (χ1) is 14.5. The van der Waals surface area contributed by atoms with Crippen molar-refractivity contribution in [2.45, 2.75) is 17.1 Å². The van der Waals surface area contributed by atoms with Crippen molar-refractivity contribution in [3.8, 4) is 11.5 Å². The van der Waals surface area contributed by atoms with Crippen molar-refractivity contribution in [1.82, 2.24) is 5.32 Å². The van der Waals surface area contributed by atoms with E-state index >= 15 is 0 Å². The van der Waals surface area contributed by atoms with Crippen molar-refractivity contribution in [2.24, 2.45) is 0 Å². The number of carbonyl (C=O) groups excluding carboxylic acids is 1. The van der Waals surface area contributed by atoms with Crippen molar-refractivity contribution < 1.29 is 22.9 Å². The van der Waals surface area contributed by atoms with E-state index in [9.17, 15) is 9.00 Å². The van der Waals surface area contributed by atoms with Gasteiger partial charge in [-0.15, -0.1) is 0 Å². The third-order valence-corrected chi connectivity index (χ3v) is 6.00. The zero-order valence-corrected chi connectivity index (χ0v) is 18.2. The van der Waals surface area contributed by atoms with Gasteiger partial charge in [-0.3, -0.25) is 9.00 Å². The normalized spacial score (nSPS) is 11.7. The van der Waals surface area contributed by atoms with Crippen LogP contribution in [0, 0.1) is 0 Å². The zero-order valence-electron chi connectivity index (χ0n) is 16.6. The third kappa shape index (κ3) is 5.64. The lowest BCUT2D eigenvalue weighted by molar-refractivity contribution is 0.0925. The molecule has 30 heavy (non-hydrogen) atoms. The van der Waals surface area contributed by atoms with Crippen LogP contribution < -0.4 is 14.8 Å². The molecule has 8 heteroatoms. The highest BCUT2D eigenvalue weighted by Gasteiger charge is 2.14. The minimum atomic E-state index is -1.29. The SMILES string of the molecule is COc1ccc(OC)c(CCNC(=O)c2ccc(C[S@@](=O)c3ccc(Cl)cc3)o2)c1. The molecule has 1 heterocycles. The Morgan fingerprint density at radius 2 is 1.83 bits per heavy atom. The number of furan rings is 1. The molecule has 0 fully saturated rings. The van der Waals surface area contributed by atoms with Crippen LogP contribution in [-0.4, -0.2) is 30.9 Å². The van der Waals surface area contributed by atoms with Crippen LogP contribution in [0.5, 0.6) is 11.5 Å². The van der Waals surface area contributed by atoms with Gasteiger partial charge in [0.15, 0.2) is 5.76 Å². The van der Waals surface area contributed by atoms with E-state index in [2.05, 4.69) is 5.32 Å². The molecule has 0 spiro atoms. The minimum absolute atomic E-state index is 0.177. The summed E-state index contributed by atoms with van der Waals surface area (Å²) in [6.07, 6.45) is 0.570. The Morgan fingerprint density at radius 3 is 2.53 bits per heavy atom. The summed E-state index contributed by atoms with van der Waals surface area (Å²) < 4.78 is 28.6. The lowest BCUT2D eigenvalue weighted by Gasteiger charge is -2.10. The smallest absolute Gasteiger partial charge is 0.287 e. The Morgan fingerprint density at radius 1 is 1.07 bits per heavy atom. The molecule has 0 unspecified atom stereocenters. The van der Waals surface area contributed by atoms with Crippen molar-refractivity contribution in [3.63, 3.8) is 0 Å². The quantitative estimate of drug-likeness (QED) is 0.531. The minimum Gasteiger partial charge on any atom is -0.497 e. The van der Waals surface area contributed by atoms with Gasteiger partial charge in [-0.25, -0.2) is 0 Å². The van der Waals surface area contributed by atoms with E-state index < -0.39 is 10.8 Å². The predicted octanol–water partition coefficient (Wildman–Crippen LogP) is 4.23. The van der Waals surface area contributed by atoms with Gasteiger partial charge in [-0.2, -0.15) is 0 Å². The Kier molecular flexibility index (Phi) is 7.54. The first-order valence-corrected chi connectivity index (χ1v) is 10.9. The van der Waals surface area contributed by atoms with Gasteiger partial charge in [0.2, 0.25) is 0 Å². The summed E-state index contributed by atoms with van der Waals surface area (Å²) in [5.41, 5.74) is 0.927. The molecule has 0 saturated carbocycles. The highest BCUT2D eigenvalue weighted by Crippen LogP contribution is 2.24. The van der Waals surface area contributed by atoms with Crippen LogP contribution in [0.1, 0.15) is 21.9 Å². The molecule has 0 radical (unpaired) electrons. The van der Waals surface area contributed by atoms with Crippen LogP contribution >= 0.6 is 11.6 Å². The molecule has 3 aromatic rings. The molecular weight excluding hydrogens is 426 g/mol. The molecule has 3 rings (SSSR count). The standard InChI is InChI=1S/C22H22ClNO5S/c1-27-17-5-9-20(28-2)15(13-17)11-12-24-22(25)21-10-6-18(29-21)14-30(26)19-7-3-16(23)4-8-19/h3-10,13H,11-12,14H2,1-2H3,(H,24,25)/t30-/m1/s1. The second-order valence-electron chi connectivity index (χ2n) is 6.39. The van der Waals surface area contributed by atoms with Gasteiger partial charge in [0.25, 0.3) is 5.91 Å². The number of ether oxygens (including phenoxy) is 2. The molecule has 6 nitrogen and oxygen atoms in total. The Bertz CT molecular complexity index is 1030. The van der Waals surface area contributed by atoms with Crippen molar-refractivity contribution in [1.29, 1.82) is 0 Å². The maximum absolute atomic E-state index is 12.4. The summed E-state index contributed by atoms with van der Waals surface area (Å²) in [4.78, 5) is 13.0. The van der Waals surface area contributed by atoms with E-state index in [1.54, 1.807) is 50.6 Å². The van der Waals surface area contributed by atoms with Crippen LogP contribution in [0.2, 0.25) is 5.02 Å². The monoisotopic (exact) mass is 447 g/mol. The number of benzene rings is 2. The molecule has 158 valence electrons. The molecule has 2 aromatic carbocycles. The van der Waals surface area contributed by atoms with Crippen LogP contribution in [-0.2, 0) is 23.0 Å². The van der Waals surface area contributed by atoms with Crippen molar-refractivity contribution in [2.75, 3.05) is 20.8 Å². The third-order valence-electron chi connectivity index (χ3n) is 4.40. The summed E-state index contributed by atoms with van der Waals surface area (Å²) >= 11 is 5.85. The van der Waals surface area contributed by atoms with E-state index in [4.69, 9.17) is 25.5 Å². The number of halogens is 1. The van der Waals surface area contributed by atoms with Crippen molar-refractivity contribution >= 4 is 28.3 Å². The van der Waals surface area contributed by atoms with Crippen LogP contribution in [0.25, 0.3) is 0 Å². The molecule has 1 atom stereocenters. The van der Waals surface area contributed by atoms with Crippen LogP contribution in [0.4, 0.5) is 0 Å². The van der Waals surface area contributed by atoms with Crippen LogP contribution in [0.15, 0.2) is 63.9 Å². The molecule has 1 N–H and O–H groups in total.